The Bertz CT molecular complexity index is 385. The first-order valence-corrected chi connectivity index (χ1v) is 3.20. The summed E-state index contributed by atoms with van der Waals surface area (Å²) in [6.45, 7) is 0. The fourth-order valence-corrected chi connectivity index (χ4v) is 0.937. The average molecular weight is 183 g/mol. The number of fused-ring (bicyclic) bond motifs is 1. The van der Waals surface area contributed by atoms with Gasteiger partial charge in [-0.2, -0.15) is 5.10 Å². The molecule has 62 valence electrons. The highest BCUT2D eigenvalue weighted by molar-refractivity contribution is 5.86. The predicted molar refractivity (Wildman–Crippen MR) is 49.0 cm³/mol. The van der Waals surface area contributed by atoms with Crippen LogP contribution in [0.1, 0.15) is 0 Å². The third kappa shape index (κ3) is 1.29. The minimum absolute atomic E-state index is 0. The van der Waals surface area contributed by atoms with Crippen molar-refractivity contribution in [1.29, 1.82) is 0 Å². The van der Waals surface area contributed by atoms with Gasteiger partial charge in [0, 0.05) is 11.6 Å². The molecule has 12 heavy (non-hydrogen) atoms. The summed E-state index contributed by atoms with van der Waals surface area (Å²) in [6.07, 6.45) is 3.29. The summed E-state index contributed by atoms with van der Waals surface area (Å²) >= 11 is 0. The average Bonchev–Trinajstić information content (AvgIpc) is 2.06. The van der Waals surface area contributed by atoms with Gasteiger partial charge in [-0.3, -0.25) is 4.98 Å². The highest BCUT2D eigenvalue weighted by Gasteiger charge is 1.96. The van der Waals surface area contributed by atoms with Crippen molar-refractivity contribution in [2.45, 2.75) is 0 Å². The number of nitrogen functional groups attached to an aromatic ring is 1. The number of hydrogen-bond acceptors (Lipinski definition) is 4. The van der Waals surface area contributed by atoms with Crippen LogP contribution in [0.25, 0.3) is 10.9 Å². The number of nitrogens with two attached hydrogens (primary N) is 1. The summed E-state index contributed by atoms with van der Waals surface area (Å²) in [5, 5.41) is 8.22. The maximum absolute atomic E-state index is 5.54. The topological polar surface area (TPSA) is 64.7 Å². The molecule has 0 amide bonds. The van der Waals surface area contributed by atoms with Crippen molar-refractivity contribution in [2.24, 2.45) is 0 Å². The van der Waals surface area contributed by atoms with Gasteiger partial charge in [-0.05, 0) is 12.1 Å². The Kier molecular flexibility index (Phi) is 2.40. The lowest BCUT2D eigenvalue weighted by Gasteiger charge is -1.95. The molecule has 0 radical (unpaired) electrons. The lowest BCUT2D eigenvalue weighted by atomic mass is 10.3. The Morgan fingerprint density at radius 2 is 2.17 bits per heavy atom. The normalized spacial score (nSPS) is 9.33. The Hall–Kier alpha value is -1.42. The SMILES string of the molecule is Cl.Nc1nncc2ncccc12. The van der Waals surface area contributed by atoms with Gasteiger partial charge in [0.15, 0.2) is 5.82 Å². The summed E-state index contributed by atoms with van der Waals surface area (Å²) < 4.78 is 0. The Morgan fingerprint density at radius 3 is 2.92 bits per heavy atom. The van der Waals surface area contributed by atoms with E-state index in [1.54, 1.807) is 12.4 Å². The van der Waals surface area contributed by atoms with Gasteiger partial charge >= 0.3 is 0 Å². The van der Waals surface area contributed by atoms with Crippen molar-refractivity contribution in [2.75, 3.05) is 5.73 Å². The van der Waals surface area contributed by atoms with E-state index in [1.807, 2.05) is 12.1 Å². The van der Waals surface area contributed by atoms with Gasteiger partial charge < -0.3 is 5.73 Å². The van der Waals surface area contributed by atoms with E-state index in [2.05, 4.69) is 15.2 Å². The van der Waals surface area contributed by atoms with E-state index in [1.165, 1.54) is 0 Å². The minimum Gasteiger partial charge on any atom is -0.382 e. The molecule has 5 heteroatoms. The number of rotatable bonds is 0. The Balaban J connectivity index is 0.000000720. The maximum atomic E-state index is 5.54. The molecule has 0 unspecified atom stereocenters. The highest BCUT2D eigenvalue weighted by Crippen LogP contribution is 2.12. The Morgan fingerprint density at radius 1 is 1.33 bits per heavy atom. The molecule has 0 aliphatic carbocycles. The molecule has 2 aromatic rings. The number of halogens is 1. The van der Waals surface area contributed by atoms with Crippen LogP contribution < -0.4 is 5.73 Å². The summed E-state index contributed by atoms with van der Waals surface area (Å²) in [4.78, 5) is 4.06. The van der Waals surface area contributed by atoms with Crippen LogP contribution in [0.2, 0.25) is 0 Å². The minimum atomic E-state index is 0. The van der Waals surface area contributed by atoms with E-state index in [4.69, 9.17) is 5.73 Å². The van der Waals surface area contributed by atoms with Crippen LogP contribution in [0.5, 0.6) is 0 Å². The van der Waals surface area contributed by atoms with Gasteiger partial charge in [0.1, 0.15) is 0 Å². The third-order valence-corrected chi connectivity index (χ3v) is 1.46. The van der Waals surface area contributed by atoms with E-state index in [0.29, 0.717) is 5.82 Å². The smallest absolute Gasteiger partial charge is 0.155 e. The molecule has 2 N–H and O–H groups in total. The number of anilines is 1. The van der Waals surface area contributed by atoms with Crippen LogP contribution >= 0.6 is 12.4 Å². The molecule has 4 nitrogen and oxygen atoms in total. The van der Waals surface area contributed by atoms with E-state index in [-0.39, 0.29) is 12.4 Å². The van der Waals surface area contributed by atoms with Crippen LogP contribution in [0.15, 0.2) is 24.5 Å². The van der Waals surface area contributed by atoms with Crippen molar-refractivity contribution in [1.82, 2.24) is 15.2 Å². The van der Waals surface area contributed by atoms with Crippen LogP contribution in [0, 0.1) is 0 Å². The zero-order chi connectivity index (χ0) is 7.68. The molecule has 0 aromatic carbocycles. The molecule has 0 aliphatic heterocycles. The molecular weight excluding hydrogens is 176 g/mol. The van der Waals surface area contributed by atoms with Crippen LogP contribution in [0.4, 0.5) is 5.82 Å². The Labute approximate surface area is 75.2 Å². The second-order valence-electron chi connectivity index (χ2n) is 2.17. The van der Waals surface area contributed by atoms with Crippen LogP contribution in [-0.4, -0.2) is 15.2 Å². The zero-order valence-corrected chi connectivity index (χ0v) is 6.95. The second kappa shape index (κ2) is 3.32. The van der Waals surface area contributed by atoms with Gasteiger partial charge in [0.05, 0.1) is 11.7 Å². The lowest BCUT2D eigenvalue weighted by Crippen LogP contribution is -1.94. The molecule has 0 bridgehead atoms. The van der Waals surface area contributed by atoms with Crippen molar-refractivity contribution >= 4 is 29.1 Å². The number of aromatic nitrogens is 3. The monoisotopic (exact) mass is 182 g/mol. The van der Waals surface area contributed by atoms with E-state index < -0.39 is 0 Å². The molecule has 0 saturated heterocycles. The van der Waals surface area contributed by atoms with Crippen LogP contribution in [-0.2, 0) is 0 Å². The summed E-state index contributed by atoms with van der Waals surface area (Å²) in [5.74, 6) is 0.426. The van der Waals surface area contributed by atoms with Crippen molar-refractivity contribution in [3.05, 3.63) is 24.5 Å². The van der Waals surface area contributed by atoms with E-state index in [9.17, 15) is 0 Å². The fraction of sp³-hybridized carbons (Fsp3) is 0. The molecule has 0 spiro atoms. The quantitative estimate of drug-likeness (QED) is 0.661. The number of hydrogen-bond donors (Lipinski definition) is 1. The molecule has 0 atom stereocenters. The molecule has 0 aliphatic rings. The standard InChI is InChI=1S/C7H6N4.ClH/c8-7-5-2-1-3-9-6(5)4-10-11-7;/h1-4H,(H2,8,11);1H. The maximum Gasteiger partial charge on any atom is 0.155 e. The van der Waals surface area contributed by atoms with Crippen molar-refractivity contribution in [3.8, 4) is 0 Å². The van der Waals surface area contributed by atoms with Crippen molar-refractivity contribution < 1.29 is 0 Å². The van der Waals surface area contributed by atoms with E-state index >= 15 is 0 Å². The van der Waals surface area contributed by atoms with Gasteiger partial charge in [0.2, 0.25) is 0 Å². The first kappa shape index (κ1) is 8.67. The summed E-state index contributed by atoms with van der Waals surface area (Å²) in [7, 11) is 0. The molecular formula is C7H7ClN4. The molecule has 0 fully saturated rings. The van der Waals surface area contributed by atoms with Crippen molar-refractivity contribution in [3.63, 3.8) is 0 Å². The largest absolute Gasteiger partial charge is 0.382 e. The summed E-state index contributed by atoms with van der Waals surface area (Å²) in [6, 6.07) is 3.69. The number of pyridine rings is 1. The van der Waals surface area contributed by atoms with Gasteiger partial charge in [-0.1, -0.05) is 0 Å². The van der Waals surface area contributed by atoms with Gasteiger partial charge in [-0.15, -0.1) is 17.5 Å². The molecule has 0 saturated carbocycles. The third-order valence-electron chi connectivity index (χ3n) is 1.46. The van der Waals surface area contributed by atoms with E-state index in [0.717, 1.165) is 10.9 Å². The fourth-order valence-electron chi connectivity index (χ4n) is 0.937. The molecule has 2 aromatic heterocycles. The second-order valence-corrected chi connectivity index (χ2v) is 2.17. The zero-order valence-electron chi connectivity index (χ0n) is 6.14. The predicted octanol–water partition coefficient (Wildman–Crippen LogP) is 1.03. The first-order chi connectivity index (χ1) is 5.38. The van der Waals surface area contributed by atoms with Gasteiger partial charge in [0.25, 0.3) is 0 Å². The number of nitrogens with zero attached hydrogens (tertiary/aromatic N) is 3. The van der Waals surface area contributed by atoms with Crippen LogP contribution in [0.3, 0.4) is 0 Å². The molecule has 2 heterocycles. The first-order valence-electron chi connectivity index (χ1n) is 3.20. The van der Waals surface area contributed by atoms with Gasteiger partial charge in [-0.25, -0.2) is 0 Å². The summed E-state index contributed by atoms with van der Waals surface area (Å²) in [5.41, 5.74) is 6.32. The lowest BCUT2D eigenvalue weighted by molar-refractivity contribution is 1.05. The highest BCUT2D eigenvalue weighted by atomic mass is 35.5. The molecule has 2 rings (SSSR count).